The molecule has 0 N–H and O–H groups in total. The van der Waals surface area contributed by atoms with E-state index in [4.69, 9.17) is 11.6 Å². The highest BCUT2D eigenvalue weighted by molar-refractivity contribution is 6.32. The largest absolute Gasteiger partial charge is 0.333 e. The van der Waals surface area contributed by atoms with E-state index >= 15 is 0 Å². The van der Waals surface area contributed by atoms with Crippen molar-refractivity contribution in [3.05, 3.63) is 71.0 Å². The summed E-state index contributed by atoms with van der Waals surface area (Å²) in [6.45, 7) is 2.17. The summed E-state index contributed by atoms with van der Waals surface area (Å²) in [5, 5.41) is 4.86. The Morgan fingerprint density at radius 3 is 2.67 bits per heavy atom. The van der Waals surface area contributed by atoms with Gasteiger partial charge in [-0.05, 0) is 31.2 Å². The van der Waals surface area contributed by atoms with Crippen molar-refractivity contribution < 1.29 is 4.79 Å². The minimum atomic E-state index is -0.269. The molecule has 0 aliphatic rings. The van der Waals surface area contributed by atoms with Gasteiger partial charge >= 0.3 is 0 Å². The van der Waals surface area contributed by atoms with E-state index in [0.717, 1.165) is 5.69 Å². The van der Waals surface area contributed by atoms with E-state index in [1.54, 1.807) is 30.9 Å². The molecule has 0 spiro atoms. The number of para-hydroxylation sites is 1. The number of pyridine rings is 1. The molecule has 6 nitrogen and oxygen atoms in total. The van der Waals surface area contributed by atoms with Gasteiger partial charge in [0, 0.05) is 13.2 Å². The number of aromatic nitrogens is 4. The number of amides is 1. The van der Waals surface area contributed by atoms with Crippen LogP contribution >= 0.6 is 11.6 Å². The maximum atomic E-state index is 12.6. The zero-order valence-corrected chi connectivity index (χ0v) is 14.1. The van der Waals surface area contributed by atoms with Crippen molar-refractivity contribution >= 4 is 17.5 Å². The quantitative estimate of drug-likeness (QED) is 0.732. The first-order valence-electron chi connectivity index (χ1n) is 7.40. The Kier molecular flexibility index (Phi) is 4.57. The molecule has 0 fully saturated rings. The van der Waals surface area contributed by atoms with Crippen LogP contribution in [0.25, 0.3) is 5.69 Å². The van der Waals surface area contributed by atoms with Gasteiger partial charge in [-0.1, -0.05) is 29.8 Å². The minimum Gasteiger partial charge on any atom is -0.333 e. The fourth-order valence-electron chi connectivity index (χ4n) is 2.31. The van der Waals surface area contributed by atoms with E-state index in [0.29, 0.717) is 23.1 Å². The number of hydrogen-bond donors (Lipinski definition) is 0. The Hall–Kier alpha value is -2.73. The number of aryl methyl sites for hydroxylation is 1. The van der Waals surface area contributed by atoms with Crippen molar-refractivity contribution in [3.8, 4) is 5.69 Å². The molecule has 0 unspecified atom stereocenters. The molecule has 2 heterocycles. The van der Waals surface area contributed by atoms with E-state index in [2.05, 4.69) is 15.1 Å². The van der Waals surface area contributed by atoms with Gasteiger partial charge in [0.15, 0.2) is 0 Å². The molecule has 1 aromatic carbocycles. The molecule has 3 rings (SSSR count). The average molecular weight is 342 g/mol. The van der Waals surface area contributed by atoms with Crippen LogP contribution in [0.1, 0.15) is 22.1 Å². The average Bonchev–Trinajstić information content (AvgIpc) is 2.97. The van der Waals surface area contributed by atoms with Gasteiger partial charge in [-0.15, -0.1) is 5.10 Å². The Morgan fingerprint density at radius 1 is 1.21 bits per heavy atom. The van der Waals surface area contributed by atoms with Crippen molar-refractivity contribution in [2.24, 2.45) is 0 Å². The first-order valence-corrected chi connectivity index (χ1v) is 7.78. The molecule has 0 radical (unpaired) electrons. The summed E-state index contributed by atoms with van der Waals surface area (Å²) in [5.74, 6) is 0.457. The van der Waals surface area contributed by atoms with Crippen molar-refractivity contribution in [3.63, 3.8) is 0 Å². The van der Waals surface area contributed by atoms with Crippen LogP contribution in [0.15, 0.2) is 48.7 Å². The van der Waals surface area contributed by atoms with Gasteiger partial charge < -0.3 is 4.90 Å². The molecule has 0 bridgehead atoms. The van der Waals surface area contributed by atoms with Crippen LogP contribution in [0.2, 0.25) is 5.02 Å². The van der Waals surface area contributed by atoms with Crippen LogP contribution in [-0.2, 0) is 6.54 Å². The second-order valence-corrected chi connectivity index (χ2v) is 5.74. The normalized spacial score (nSPS) is 10.6. The van der Waals surface area contributed by atoms with Gasteiger partial charge in [0.2, 0.25) is 5.82 Å². The van der Waals surface area contributed by atoms with Crippen molar-refractivity contribution in [2.75, 3.05) is 7.05 Å². The zero-order chi connectivity index (χ0) is 17.1. The number of carbonyl (C=O) groups is 1. The summed E-state index contributed by atoms with van der Waals surface area (Å²) in [5.41, 5.74) is 1.49. The summed E-state index contributed by atoms with van der Waals surface area (Å²) in [6.07, 6.45) is 1.70. The van der Waals surface area contributed by atoms with Crippen LogP contribution in [-0.4, -0.2) is 37.6 Å². The Labute approximate surface area is 144 Å². The van der Waals surface area contributed by atoms with Crippen molar-refractivity contribution in [1.29, 1.82) is 0 Å². The molecule has 7 heteroatoms. The Bertz CT molecular complexity index is 862. The molecule has 24 heavy (non-hydrogen) atoms. The summed E-state index contributed by atoms with van der Waals surface area (Å²) >= 11 is 6.20. The molecule has 0 saturated carbocycles. The fraction of sp³-hybridized carbons (Fsp3) is 0.176. The second-order valence-electron chi connectivity index (χ2n) is 5.33. The highest BCUT2D eigenvalue weighted by Gasteiger charge is 2.20. The number of rotatable bonds is 4. The molecular formula is C17H16ClN5O. The lowest BCUT2D eigenvalue weighted by molar-refractivity contribution is 0.0771. The van der Waals surface area contributed by atoms with Crippen LogP contribution in [0.5, 0.6) is 0 Å². The zero-order valence-electron chi connectivity index (χ0n) is 13.3. The number of carbonyl (C=O) groups excluding carboxylic acids is 1. The van der Waals surface area contributed by atoms with Crippen molar-refractivity contribution in [1.82, 2.24) is 24.6 Å². The van der Waals surface area contributed by atoms with Gasteiger partial charge in [0.1, 0.15) is 5.82 Å². The fourth-order valence-corrected chi connectivity index (χ4v) is 2.53. The molecular weight excluding hydrogens is 326 g/mol. The summed E-state index contributed by atoms with van der Waals surface area (Å²) in [6, 6.07) is 12.9. The Morgan fingerprint density at radius 2 is 1.96 bits per heavy atom. The molecule has 122 valence electrons. The van der Waals surface area contributed by atoms with E-state index in [1.165, 1.54) is 4.90 Å². The lowest BCUT2D eigenvalue weighted by atomic mass is 10.3. The minimum absolute atomic E-state index is 0.130. The topological polar surface area (TPSA) is 63.9 Å². The predicted molar refractivity (Wildman–Crippen MR) is 91.1 cm³/mol. The molecule has 0 atom stereocenters. The van der Waals surface area contributed by atoms with Crippen molar-refractivity contribution in [2.45, 2.75) is 13.5 Å². The molecule has 3 aromatic rings. The highest BCUT2D eigenvalue weighted by Crippen LogP contribution is 2.20. The standard InChI is InChI=1S/C17H16ClN5O/c1-12-20-16(21-23(12)15-9-4-3-8-14(15)18)17(24)22(2)11-13-7-5-6-10-19-13/h3-10H,11H2,1-2H3. The predicted octanol–water partition coefficient (Wildman–Crippen LogP) is 2.90. The Balaban J connectivity index is 1.84. The van der Waals surface area contributed by atoms with E-state index in [1.807, 2.05) is 36.4 Å². The van der Waals surface area contributed by atoms with Crippen LogP contribution in [0.4, 0.5) is 0 Å². The maximum absolute atomic E-state index is 12.6. The van der Waals surface area contributed by atoms with Crippen LogP contribution in [0.3, 0.4) is 0 Å². The van der Waals surface area contributed by atoms with Crippen LogP contribution in [0, 0.1) is 6.92 Å². The number of hydrogen-bond acceptors (Lipinski definition) is 4. The lowest BCUT2D eigenvalue weighted by Gasteiger charge is -2.14. The summed E-state index contributed by atoms with van der Waals surface area (Å²) in [4.78, 5) is 22.6. The SMILES string of the molecule is Cc1nc(C(=O)N(C)Cc2ccccn2)nn1-c1ccccc1Cl. The van der Waals surface area contributed by atoms with E-state index in [9.17, 15) is 4.79 Å². The number of nitrogens with zero attached hydrogens (tertiary/aromatic N) is 5. The maximum Gasteiger partial charge on any atom is 0.293 e. The number of halogens is 1. The molecule has 0 aliphatic heterocycles. The third kappa shape index (κ3) is 3.28. The number of benzene rings is 1. The third-order valence-electron chi connectivity index (χ3n) is 3.51. The molecule has 0 saturated heterocycles. The molecule has 0 aliphatic carbocycles. The highest BCUT2D eigenvalue weighted by atomic mass is 35.5. The molecule has 1 amide bonds. The van der Waals surface area contributed by atoms with E-state index < -0.39 is 0 Å². The van der Waals surface area contributed by atoms with Crippen LogP contribution < -0.4 is 0 Å². The third-order valence-corrected chi connectivity index (χ3v) is 3.83. The first-order chi connectivity index (χ1) is 11.6. The monoisotopic (exact) mass is 341 g/mol. The smallest absolute Gasteiger partial charge is 0.293 e. The lowest BCUT2D eigenvalue weighted by Crippen LogP contribution is -2.27. The first kappa shape index (κ1) is 16.1. The summed E-state index contributed by atoms with van der Waals surface area (Å²) in [7, 11) is 1.70. The van der Waals surface area contributed by atoms with Gasteiger partial charge in [0.25, 0.3) is 5.91 Å². The van der Waals surface area contributed by atoms with Gasteiger partial charge in [-0.3, -0.25) is 9.78 Å². The summed E-state index contributed by atoms with van der Waals surface area (Å²) < 4.78 is 1.57. The van der Waals surface area contributed by atoms with Gasteiger partial charge in [-0.2, -0.15) is 0 Å². The van der Waals surface area contributed by atoms with Gasteiger partial charge in [-0.25, -0.2) is 9.67 Å². The van der Waals surface area contributed by atoms with Gasteiger partial charge in [0.05, 0.1) is 22.9 Å². The molecule has 2 aromatic heterocycles. The van der Waals surface area contributed by atoms with E-state index in [-0.39, 0.29) is 11.7 Å². The second kappa shape index (κ2) is 6.80.